The number of aryl methyl sites for hydroxylation is 3. The zero-order valence-corrected chi connectivity index (χ0v) is 14.2. The van der Waals surface area contributed by atoms with Gasteiger partial charge in [0.25, 0.3) is 0 Å². The third-order valence-corrected chi connectivity index (χ3v) is 4.31. The van der Waals surface area contributed by atoms with E-state index in [0.717, 1.165) is 47.8 Å². The summed E-state index contributed by atoms with van der Waals surface area (Å²) >= 11 is 0. The van der Waals surface area contributed by atoms with Gasteiger partial charge in [0.05, 0.1) is 12.0 Å². The van der Waals surface area contributed by atoms with E-state index in [1.807, 2.05) is 30.2 Å². The number of hydrogen-bond acceptors (Lipinski definition) is 4. The molecule has 0 amide bonds. The van der Waals surface area contributed by atoms with Crippen molar-refractivity contribution < 1.29 is 0 Å². The highest BCUT2D eigenvalue weighted by Gasteiger charge is 2.14. The van der Waals surface area contributed by atoms with Gasteiger partial charge in [-0.2, -0.15) is 9.61 Å². The first-order chi connectivity index (χ1) is 11.1. The molecule has 0 aliphatic carbocycles. The monoisotopic (exact) mass is 312 g/mol. The van der Waals surface area contributed by atoms with Crippen LogP contribution in [0.3, 0.4) is 0 Å². The number of imidazole rings is 1. The largest absolute Gasteiger partial charge is 0.365 e. The normalized spacial score (nSPS) is 12.7. The van der Waals surface area contributed by atoms with Gasteiger partial charge in [0.2, 0.25) is 0 Å². The lowest BCUT2D eigenvalue weighted by Crippen LogP contribution is -2.25. The quantitative estimate of drug-likeness (QED) is 0.760. The van der Waals surface area contributed by atoms with Crippen LogP contribution in [-0.4, -0.2) is 30.2 Å². The molecule has 3 aromatic rings. The zero-order valence-electron chi connectivity index (χ0n) is 14.2. The predicted octanol–water partition coefficient (Wildman–Crippen LogP) is 3.00. The Labute approximate surface area is 136 Å². The Kier molecular flexibility index (Phi) is 4.32. The SMILES string of the molecule is CCc1cc(NC(CC)Cn2ccnc2)n2nc(C)c(C)c2n1. The Hall–Kier alpha value is -2.37. The third kappa shape index (κ3) is 3.06. The topological polar surface area (TPSA) is 60.0 Å². The third-order valence-electron chi connectivity index (χ3n) is 4.31. The molecule has 6 nitrogen and oxygen atoms in total. The summed E-state index contributed by atoms with van der Waals surface area (Å²) in [7, 11) is 0. The maximum Gasteiger partial charge on any atom is 0.160 e. The molecule has 122 valence electrons. The van der Waals surface area contributed by atoms with Crippen molar-refractivity contribution in [3.63, 3.8) is 0 Å². The summed E-state index contributed by atoms with van der Waals surface area (Å²) in [4.78, 5) is 8.85. The van der Waals surface area contributed by atoms with E-state index in [0.29, 0.717) is 6.04 Å². The minimum absolute atomic E-state index is 0.310. The van der Waals surface area contributed by atoms with E-state index in [1.165, 1.54) is 0 Å². The second-order valence-electron chi connectivity index (χ2n) is 5.94. The second-order valence-corrected chi connectivity index (χ2v) is 5.94. The number of anilines is 1. The molecular formula is C17H24N6. The van der Waals surface area contributed by atoms with E-state index in [-0.39, 0.29) is 0 Å². The first-order valence-corrected chi connectivity index (χ1v) is 8.20. The maximum absolute atomic E-state index is 4.73. The molecule has 3 heterocycles. The number of nitrogens with one attached hydrogen (secondary N) is 1. The number of aromatic nitrogens is 5. The average Bonchev–Trinajstić information content (AvgIpc) is 3.16. The van der Waals surface area contributed by atoms with Gasteiger partial charge in [-0.05, 0) is 26.7 Å². The van der Waals surface area contributed by atoms with Crippen molar-refractivity contribution in [2.45, 2.75) is 53.1 Å². The summed E-state index contributed by atoms with van der Waals surface area (Å²) in [5, 5.41) is 8.28. The van der Waals surface area contributed by atoms with Crippen molar-refractivity contribution in [1.82, 2.24) is 24.1 Å². The molecule has 3 rings (SSSR count). The minimum Gasteiger partial charge on any atom is -0.365 e. The molecule has 6 heteroatoms. The van der Waals surface area contributed by atoms with Crippen LogP contribution in [0.1, 0.15) is 37.2 Å². The lowest BCUT2D eigenvalue weighted by Gasteiger charge is -2.19. The van der Waals surface area contributed by atoms with Crippen LogP contribution in [-0.2, 0) is 13.0 Å². The van der Waals surface area contributed by atoms with Gasteiger partial charge in [0.1, 0.15) is 5.82 Å². The van der Waals surface area contributed by atoms with E-state index in [9.17, 15) is 0 Å². The van der Waals surface area contributed by atoms with Crippen LogP contribution in [0, 0.1) is 13.8 Å². The van der Waals surface area contributed by atoms with Crippen LogP contribution in [0.15, 0.2) is 24.8 Å². The molecule has 0 radical (unpaired) electrons. The predicted molar refractivity (Wildman–Crippen MR) is 91.8 cm³/mol. The van der Waals surface area contributed by atoms with Crippen molar-refractivity contribution in [2.24, 2.45) is 0 Å². The minimum atomic E-state index is 0.310. The van der Waals surface area contributed by atoms with Crippen LogP contribution in [0.25, 0.3) is 5.65 Å². The van der Waals surface area contributed by atoms with Gasteiger partial charge < -0.3 is 9.88 Å². The average molecular weight is 312 g/mol. The van der Waals surface area contributed by atoms with Crippen LogP contribution in [0.2, 0.25) is 0 Å². The molecule has 0 saturated carbocycles. The highest BCUT2D eigenvalue weighted by Crippen LogP contribution is 2.20. The Morgan fingerprint density at radius 3 is 2.74 bits per heavy atom. The standard InChI is InChI=1S/C17H24N6/c1-5-14-9-16(23-17(20-14)12(3)13(4)21-23)19-15(6-2)10-22-8-7-18-11-22/h7-9,11,15,19H,5-6,10H2,1-4H3. The van der Waals surface area contributed by atoms with E-state index in [4.69, 9.17) is 4.98 Å². The van der Waals surface area contributed by atoms with E-state index in [2.05, 4.69) is 46.8 Å². The summed E-state index contributed by atoms with van der Waals surface area (Å²) in [5.41, 5.74) is 4.20. The molecule has 1 N–H and O–H groups in total. The fraction of sp³-hybridized carbons (Fsp3) is 0.471. The van der Waals surface area contributed by atoms with Gasteiger partial charge in [0, 0.05) is 42.3 Å². The molecule has 0 aliphatic rings. The van der Waals surface area contributed by atoms with Crippen molar-refractivity contribution in [3.05, 3.63) is 41.7 Å². The van der Waals surface area contributed by atoms with E-state index in [1.54, 1.807) is 0 Å². The number of fused-ring (bicyclic) bond motifs is 1. The summed E-state index contributed by atoms with van der Waals surface area (Å²) in [6, 6.07) is 2.42. The molecule has 23 heavy (non-hydrogen) atoms. The molecule has 0 fully saturated rings. The lowest BCUT2D eigenvalue weighted by atomic mass is 10.2. The van der Waals surface area contributed by atoms with Crippen molar-refractivity contribution in [1.29, 1.82) is 0 Å². The fourth-order valence-corrected chi connectivity index (χ4v) is 2.70. The zero-order chi connectivity index (χ0) is 16.4. The lowest BCUT2D eigenvalue weighted by molar-refractivity contribution is 0.565. The van der Waals surface area contributed by atoms with Gasteiger partial charge in [-0.1, -0.05) is 13.8 Å². The van der Waals surface area contributed by atoms with Crippen molar-refractivity contribution >= 4 is 11.5 Å². The highest BCUT2D eigenvalue weighted by atomic mass is 15.3. The second kappa shape index (κ2) is 6.40. The molecule has 1 atom stereocenters. The summed E-state index contributed by atoms with van der Waals surface area (Å²) in [6.45, 7) is 9.30. The van der Waals surface area contributed by atoms with E-state index < -0.39 is 0 Å². The number of rotatable bonds is 6. The smallest absolute Gasteiger partial charge is 0.160 e. The Bertz CT molecular complexity index is 787. The number of nitrogens with zero attached hydrogens (tertiary/aromatic N) is 5. The molecule has 0 aliphatic heterocycles. The van der Waals surface area contributed by atoms with Crippen LogP contribution < -0.4 is 5.32 Å². The van der Waals surface area contributed by atoms with Gasteiger partial charge in [-0.25, -0.2) is 9.97 Å². The number of hydrogen-bond donors (Lipinski definition) is 1. The first-order valence-electron chi connectivity index (χ1n) is 8.20. The van der Waals surface area contributed by atoms with Gasteiger partial charge >= 0.3 is 0 Å². The summed E-state index contributed by atoms with van der Waals surface area (Å²) in [6.07, 6.45) is 7.58. The van der Waals surface area contributed by atoms with Gasteiger partial charge in [-0.3, -0.25) is 0 Å². The molecule has 0 bridgehead atoms. The van der Waals surface area contributed by atoms with Crippen molar-refractivity contribution in [2.75, 3.05) is 5.32 Å². The summed E-state index contributed by atoms with van der Waals surface area (Å²) in [5.74, 6) is 1.01. The molecule has 0 aromatic carbocycles. The molecule has 0 spiro atoms. The van der Waals surface area contributed by atoms with Crippen molar-refractivity contribution in [3.8, 4) is 0 Å². The van der Waals surface area contributed by atoms with Gasteiger partial charge in [0.15, 0.2) is 5.65 Å². The van der Waals surface area contributed by atoms with Gasteiger partial charge in [-0.15, -0.1) is 0 Å². The fourth-order valence-electron chi connectivity index (χ4n) is 2.70. The first kappa shape index (κ1) is 15.5. The highest BCUT2D eigenvalue weighted by molar-refractivity contribution is 5.56. The Morgan fingerprint density at radius 2 is 2.09 bits per heavy atom. The maximum atomic E-state index is 4.73. The van der Waals surface area contributed by atoms with Crippen LogP contribution in [0.4, 0.5) is 5.82 Å². The Morgan fingerprint density at radius 1 is 1.26 bits per heavy atom. The van der Waals surface area contributed by atoms with E-state index >= 15 is 0 Å². The summed E-state index contributed by atoms with van der Waals surface area (Å²) < 4.78 is 4.03. The molecule has 0 saturated heterocycles. The molecule has 1 unspecified atom stereocenters. The van der Waals surface area contributed by atoms with Crippen LogP contribution >= 0.6 is 0 Å². The molecular weight excluding hydrogens is 288 g/mol. The van der Waals surface area contributed by atoms with Crippen LogP contribution in [0.5, 0.6) is 0 Å². The molecule has 3 aromatic heterocycles. The Balaban J connectivity index is 1.95.